The zero-order chi connectivity index (χ0) is 13.3. The lowest BCUT2D eigenvalue weighted by atomic mass is 10.2. The van der Waals surface area contributed by atoms with Crippen LogP contribution in [0.2, 0.25) is 0 Å². The van der Waals surface area contributed by atoms with E-state index < -0.39 is 0 Å². The molecule has 1 fully saturated rings. The molecule has 0 amide bonds. The summed E-state index contributed by atoms with van der Waals surface area (Å²) in [6.07, 6.45) is 0. The molecule has 5 heteroatoms. The van der Waals surface area contributed by atoms with Gasteiger partial charge in [0.05, 0.1) is 15.7 Å². The highest BCUT2D eigenvalue weighted by Gasteiger charge is 2.25. The summed E-state index contributed by atoms with van der Waals surface area (Å²) >= 11 is 5.09. The first-order chi connectivity index (χ1) is 8.52. The van der Waals surface area contributed by atoms with Gasteiger partial charge in [-0.25, -0.2) is 4.39 Å². The maximum atomic E-state index is 14.2. The molecular weight excluding hydrogens is 315 g/mol. The van der Waals surface area contributed by atoms with Gasteiger partial charge in [0.1, 0.15) is 6.07 Å². The Bertz CT molecular complexity index is 490. The van der Waals surface area contributed by atoms with E-state index in [4.69, 9.17) is 5.26 Å². The lowest BCUT2D eigenvalue weighted by Crippen LogP contribution is -2.40. The molecule has 96 valence electrons. The molecule has 0 bridgehead atoms. The number of thioether (sulfide) groups is 1. The molecule has 0 N–H and O–H groups in total. The summed E-state index contributed by atoms with van der Waals surface area (Å²) in [5.74, 6) is -0.333. The van der Waals surface area contributed by atoms with Gasteiger partial charge in [0.2, 0.25) is 0 Å². The highest BCUT2D eigenvalue weighted by molar-refractivity contribution is 9.10. The van der Waals surface area contributed by atoms with Crippen LogP contribution in [0.3, 0.4) is 0 Å². The van der Waals surface area contributed by atoms with Crippen molar-refractivity contribution < 1.29 is 4.39 Å². The minimum absolute atomic E-state index is 0.265. The Morgan fingerprint density at radius 2 is 2.00 bits per heavy atom. The van der Waals surface area contributed by atoms with E-state index in [2.05, 4.69) is 34.7 Å². The zero-order valence-electron chi connectivity index (χ0n) is 10.3. The van der Waals surface area contributed by atoms with E-state index in [9.17, 15) is 4.39 Å². The highest BCUT2D eigenvalue weighted by atomic mass is 79.9. The van der Waals surface area contributed by atoms with Crippen molar-refractivity contribution >= 4 is 33.4 Å². The van der Waals surface area contributed by atoms with Gasteiger partial charge >= 0.3 is 0 Å². The minimum Gasteiger partial charge on any atom is -0.367 e. The lowest BCUT2D eigenvalue weighted by Gasteiger charge is -2.36. The summed E-state index contributed by atoms with van der Waals surface area (Å²) in [5, 5.41) is 9.84. The molecule has 1 aliphatic rings. The van der Waals surface area contributed by atoms with Gasteiger partial charge in [-0.05, 0) is 28.1 Å². The molecule has 0 aromatic heterocycles. The standard InChI is InChI=1S/C13H14BrFN2S/c1-8-6-17(7-9(2)18-8)11-4-3-10(5-16)12(14)13(11)15/h3-4,8-9H,6-7H2,1-2H3. The number of nitriles is 1. The summed E-state index contributed by atoms with van der Waals surface area (Å²) in [6.45, 7) is 5.99. The van der Waals surface area contributed by atoms with E-state index in [0.29, 0.717) is 21.8 Å². The van der Waals surface area contributed by atoms with Crippen LogP contribution in [0.25, 0.3) is 0 Å². The maximum absolute atomic E-state index is 14.2. The van der Waals surface area contributed by atoms with Crippen LogP contribution in [0.4, 0.5) is 10.1 Å². The van der Waals surface area contributed by atoms with Crippen molar-refractivity contribution in [1.82, 2.24) is 0 Å². The first-order valence-electron chi connectivity index (χ1n) is 5.81. The Morgan fingerprint density at radius 1 is 1.39 bits per heavy atom. The van der Waals surface area contributed by atoms with Crippen molar-refractivity contribution in [2.45, 2.75) is 24.3 Å². The molecule has 1 heterocycles. The molecule has 1 aromatic carbocycles. The molecule has 2 atom stereocenters. The van der Waals surface area contributed by atoms with Crippen molar-refractivity contribution in [3.05, 3.63) is 28.0 Å². The highest BCUT2D eigenvalue weighted by Crippen LogP contribution is 2.33. The van der Waals surface area contributed by atoms with E-state index in [-0.39, 0.29) is 10.3 Å². The lowest BCUT2D eigenvalue weighted by molar-refractivity contribution is 0.605. The second-order valence-corrected chi connectivity index (χ2v) is 7.21. The SMILES string of the molecule is CC1CN(c2ccc(C#N)c(Br)c2F)CC(C)S1. The summed E-state index contributed by atoms with van der Waals surface area (Å²) in [4.78, 5) is 2.06. The largest absolute Gasteiger partial charge is 0.367 e. The van der Waals surface area contributed by atoms with Gasteiger partial charge < -0.3 is 4.90 Å². The van der Waals surface area contributed by atoms with Crippen LogP contribution in [0.15, 0.2) is 16.6 Å². The zero-order valence-corrected chi connectivity index (χ0v) is 12.7. The van der Waals surface area contributed by atoms with Gasteiger partial charge in [-0.3, -0.25) is 0 Å². The third-order valence-corrected chi connectivity index (χ3v) is 4.95. The predicted molar refractivity (Wildman–Crippen MR) is 77.5 cm³/mol. The molecule has 2 rings (SSSR count). The van der Waals surface area contributed by atoms with Gasteiger partial charge in [-0.2, -0.15) is 17.0 Å². The predicted octanol–water partition coefficient (Wildman–Crippen LogP) is 3.79. The average Bonchev–Trinajstić information content (AvgIpc) is 2.31. The molecule has 2 unspecified atom stereocenters. The molecule has 0 radical (unpaired) electrons. The van der Waals surface area contributed by atoms with Crippen LogP contribution < -0.4 is 4.90 Å². The van der Waals surface area contributed by atoms with E-state index >= 15 is 0 Å². The van der Waals surface area contributed by atoms with Crippen molar-refractivity contribution in [2.75, 3.05) is 18.0 Å². The van der Waals surface area contributed by atoms with E-state index in [1.54, 1.807) is 12.1 Å². The molecule has 1 saturated heterocycles. The number of rotatable bonds is 1. The number of benzene rings is 1. The molecule has 0 aliphatic carbocycles. The molecule has 1 aromatic rings. The van der Waals surface area contributed by atoms with Crippen LogP contribution in [0, 0.1) is 17.1 Å². The molecule has 2 nitrogen and oxygen atoms in total. The van der Waals surface area contributed by atoms with Gasteiger partial charge in [0.15, 0.2) is 5.82 Å². The summed E-state index contributed by atoms with van der Waals surface area (Å²) in [6, 6.07) is 5.34. The second kappa shape index (κ2) is 5.50. The Hall–Kier alpha value is -0.730. The summed E-state index contributed by atoms with van der Waals surface area (Å²) < 4.78 is 14.5. The summed E-state index contributed by atoms with van der Waals surface area (Å²) in [5.41, 5.74) is 0.920. The first-order valence-corrected chi connectivity index (χ1v) is 7.55. The monoisotopic (exact) mass is 328 g/mol. The number of hydrogen-bond donors (Lipinski definition) is 0. The van der Waals surface area contributed by atoms with Crippen LogP contribution in [-0.2, 0) is 0 Å². The van der Waals surface area contributed by atoms with Gasteiger partial charge in [0.25, 0.3) is 0 Å². The summed E-state index contributed by atoms with van der Waals surface area (Å²) in [7, 11) is 0. The van der Waals surface area contributed by atoms with Crippen LogP contribution in [-0.4, -0.2) is 23.6 Å². The fourth-order valence-electron chi connectivity index (χ4n) is 2.24. The third-order valence-electron chi connectivity index (χ3n) is 2.94. The Balaban J connectivity index is 2.34. The number of hydrogen-bond acceptors (Lipinski definition) is 3. The third kappa shape index (κ3) is 2.65. The average molecular weight is 329 g/mol. The maximum Gasteiger partial charge on any atom is 0.161 e. The smallest absolute Gasteiger partial charge is 0.161 e. The minimum atomic E-state index is -0.333. The molecule has 18 heavy (non-hydrogen) atoms. The van der Waals surface area contributed by atoms with E-state index in [1.165, 1.54) is 0 Å². The van der Waals surface area contributed by atoms with Gasteiger partial charge in [-0.1, -0.05) is 13.8 Å². The molecule has 0 saturated carbocycles. The van der Waals surface area contributed by atoms with Crippen molar-refractivity contribution in [3.8, 4) is 6.07 Å². The van der Waals surface area contributed by atoms with E-state index in [1.807, 2.05) is 17.8 Å². The van der Waals surface area contributed by atoms with Crippen molar-refractivity contribution in [1.29, 1.82) is 5.26 Å². The first kappa shape index (κ1) is 13.7. The van der Waals surface area contributed by atoms with Crippen molar-refractivity contribution in [2.24, 2.45) is 0 Å². The Labute approximate surface area is 119 Å². The van der Waals surface area contributed by atoms with E-state index in [0.717, 1.165) is 13.1 Å². The van der Waals surface area contributed by atoms with Gasteiger partial charge in [-0.15, -0.1) is 0 Å². The molecular formula is C13H14BrFN2S. The normalized spacial score (nSPS) is 23.8. The number of halogens is 2. The fourth-order valence-corrected chi connectivity index (χ4v) is 3.99. The quantitative estimate of drug-likeness (QED) is 0.784. The fraction of sp³-hybridized carbons (Fsp3) is 0.462. The van der Waals surface area contributed by atoms with Crippen molar-refractivity contribution in [3.63, 3.8) is 0 Å². The van der Waals surface area contributed by atoms with Crippen LogP contribution >= 0.6 is 27.7 Å². The Kier molecular flexibility index (Phi) is 4.18. The van der Waals surface area contributed by atoms with Crippen LogP contribution in [0.1, 0.15) is 19.4 Å². The Morgan fingerprint density at radius 3 is 2.56 bits per heavy atom. The van der Waals surface area contributed by atoms with Crippen LogP contribution in [0.5, 0.6) is 0 Å². The molecule has 1 aliphatic heterocycles. The molecule has 0 spiro atoms. The number of nitrogens with zero attached hydrogens (tertiary/aromatic N) is 2. The number of anilines is 1. The second-order valence-electron chi connectivity index (χ2n) is 4.53. The van der Waals surface area contributed by atoms with Gasteiger partial charge in [0, 0.05) is 23.6 Å². The topological polar surface area (TPSA) is 27.0 Å².